The molecule has 1 saturated heterocycles. The molecule has 4 aromatic rings. The van der Waals surface area contributed by atoms with Gasteiger partial charge < -0.3 is 9.47 Å². The lowest BCUT2D eigenvalue weighted by Gasteiger charge is -2.16. The minimum absolute atomic E-state index is 0.753. The number of methoxy groups -OCH3 is 1. The van der Waals surface area contributed by atoms with Gasteiger partial charge in [0.05, 0.1) is 7.11 Å². The molecule has 3 nitrogen and oxygen atoms in total. The summed E-state index contributed by atoms with van der Waals surface area (Å²) in [5, 5.41) is 2.47. The van der Waals surface area contributed by atoms with E-state index in [0.29, 0.717) is 0 Å². The third-order valence-electron chi connectivity index (χ3n) is 6.60. The summed E-state index contributed by atoms with van der Waals surface area (Å²) in [5.74, 6) is 1.83. The van der Waals surface area contributed by atoms with Crippen molar-refractivity contribution in [3.8, 4) is 22.6 Å². The van der Waals surface area contributed by atoms with Gasteiger partial charge in [-0.2, -0.15) is 0 Å². The Morgan fingerprint density at radius 2 is 1.55 bits per heavy atom. The van der Waals surface area contributed by atoms with Crippen LogP contribution in [0.3, 0.4) is 0 Å². The zero-order chi connectivity index (χ0) is 22.5. The van der Waals surface area contributed by atoms with Gasteiger partial charge in [-0.15, -0.1) is 0 Å². The van der Waals surface area contributed by atoms with E-state index >= 15 is 0 Å². The van der Waals surface area contributed by atoms with Crippen LogP contribution in [0.15, 0.2) is 84.9 Å². The second-order valence-electron chi connectivity index (χ2n) is 8.76. The van der Waals surface area contributed by atoms with Crippen molar-refractivity contribution in [2.45, 2.75) is 19.3 Å². The molecule has 1 aliphatic heterocycles. The number of hydrogen-bond donors (Lipinski definition) is 0. The molecule has 33 heavy (non-hydrogen) atoms. The van der Waals surface area contributed by atoms with Crippen molar-refractivity contribution in [2.75, 3.05) is 33.4 Å². The molecule has 1 fully saturated rings. The molecule has 0 amide bonds. The first-order valence-corrected chi connectivity index (χ1v) is 11.9. The summed E-state index contributed by atoms with van der Waals surface area (Å²) in [6.45, 7) is 4.19. The fourth-order valence-corrected chi connectivity index (χ4v) is 4.78. The van der Waals surface area contributed by atoms with Crippen molar-refractivity contribution in [3.05, 3.63) is 96.1 Å². The predicted octanol–water partition coefficient (Wildman–Crippen LogP) is 6.58. The number of nitrogens with zero attached hydrogens (tertiary/aromatic N) is 1. The number of likely N-dealkylation sites (tertiary alicyclic amines) is 1. The maximum Gasteiger partial charge on any atom is 0.119 e. The van der Waals surface area contributed by atoms with Crippen LogP contribution in [0, 0.1) is 0 Å². The first-order chi connectivity index (χ1) is 16.3. The molecule has 0 aliphatic carbocycles. The summed E-state index contributed by atoms with van der Waals surface area (Å²) in [6.07, 6.45) is 3.50. The van der Waals surface area contributed by atoms with E-state index in [1.807, 2.05) is 0 Å². The summed E-state index contributed by atoms with van der Waals surface area (Å²) in [6, 6.07) is 30.0. The Labute approximate surface area is 196 Å². The van der Waals surface area contributed by atoms with Crippen molar-refractivity contribution in [1.29, 1.82) is 0 Å². The van der Waals surface area contributed by atoms with Crippen molar-refractivity contribution < 1.29 is 9.47 Å². The molecular weight excluding hydrogens is 406 g/mol. The molecule has 4 aromatic carbocycles. The van der Waals surface area contributed by atoms with Gasteiger partial charge in [0.15, 0.2) is 0 Å². The summed E-state index contributed by atoms with van der Waals surface area (Å²) < 4.78 is 11.5. The zero-order valence-corrected chi connectivity index (χ0v) is 19.3. The van der Waals surface area contributed by atoms with Crippen molar-refractivity contribution in [1.82, 2.24) is 4.90 Å². The van der Waals surface area contributed by atoms with Gasteiger partial charge in [-0.1, -0.05) is 60.7 Å². The molecule has 0 bridgehead atoms. The van der Waals surface area contributed by atoms with E-state index in [2.05, 4.69) is 89.8 Å². The predicted molar refractivity (Wildman–Crippen MR) is 136 cm³/mol. The Bertz CT molecular complexity index is 1200. The molecule has 0 spiro atoms. The maximum absolute atomic E-state index is 6.01. The van der Waals surface area contributed by atoms with Crippen LogP contribution in [0.2, 0.25) is 0 Å². The lowest BCUT2D eigenvalue weighted by molar-refractivity contribution is 0.238. The number of fused-ring (bicyclic) bond motifs is 1. The molecule has 0 atom stereocenters. The molecule has 3 heteroatoms. The molecule has 168 valence electrons. The Balaban J connectivity index is 1.39. The maximum atomic E-state index is 6.01. The Hall–Kier alpha value is -3.30. The minimum atomic E-state index is 0.753. The van der Waals surface area contributed by atoms with Gasteiger partial charge in [0, 0.05) is 6.54 Å². The topological polar surface area (TPSA) is 21.7 Å². The number of ether oxygens (including phenoxy) is 2. The Morgan fingerprint density at radius 3 is 2.30 bits per heavy atom. The molecule has 0 aromatic heterocycles. The van der Waals surface area contributed by atoms with E-state index < -0.39 is 0 Å². The van der Waals surface area contributed by atoms with Crippen LogP contribution in [0.5, 0.6) is 11.5 Å². The van der Waals surface area contributed by atoms with Crippen molar-refractivity contribution in [2.24, 2.45) is 0 Å². The van der Waals surface area contributed by atoms with Crippen LogP contribution >= 0.6 is 0 Å². The van der Waals surface area contributed by atoms with E-state index in [0.717, 1.165) is 31.1 Å². The fourth-order valence-electron chi connectivity index (χ4n) is 4.78. The van der Waals surface area contributed by atoms with Gasteiger partial charge in [-0.3, -0.25) is 4.90 Å². The SMILES string of the molecule is COc1ccc2c(Cc3ccc(OCCN4CCCC4)cc3)c(-c3ccccc3)ccc2c1. The quantitative estimate of drug-likeness (QED) is 0.311. The average molecular weight is 438 g/mol. The van der Waals surface area contributed by atoms with Gasteiger partial charge in [0.25, 0.3) is 0 Å². The first-order valence-electron chi connectivity index (χ1n) is 11.9. The fraction of sp³-hybridized carbons (Fsp3) is 0.267. The average Bonchev–Trinajstić information content (AvgIpc) is 3.39. The van der Waals surface area contributed by atoms with E-state index in [-0.39, 0.29) is 0 Å². The van der Waals surface area contributed by atoms with Crippen molar-refractivity contribution in [3.63, 3.8) is 0 Å². The Kier molecular flexibility index (Phi) is 6.59. The van der Waals surface area contributed by atoms with Gasteiger partial charge in [0.1, 0.15) is 18.1 Å². The zero-order valence-electron chi connectivity index (χ0n) is 19.3. The highest BCUT2D eigenvalue weighted by Crippen LogP contribution is 2.34. The summed E-state index contributed by atoms with van der Waals surface area (Å²) >= 11 is 0. The van der Waals surface area contributed by atoms with E-state index in [1.54, 1.807) is 7.11 Å². The summed E-state index contributed by atoms with van der Waals surface area (Å²) in [4.78, 5) is 2.48. The molecule has 0 unspecified atom stereocenters. The standard InChI is InChI=1S/C30H31NO2/c1-32-27-14-16-29-25(22-27)11-15-28(24-7-3-2-4-8-24)30(29)21-23-9-12-26(13-10-23)33-20-19-31-17-5-6-18-31/h2-4,7-16,22H,5-6,17-21H2,1H3. The van der Waals surface area contributed by atoms with Crippen LogP contribution < -0.4 is 9.47 Å². The van der Waals surface area contributed by atoms with Crippen LogP contribution in [0.25, 0.3) is 21.9 Å². The minimum Gasteiger partial charge on any atom is -0.497 e. The van der Waals surface area contributed by atoms with Gasteiger partial charge in [0.2, 0.25) is 0 Å². The van der Waals surface area contributed by atoms with Crippen LogP contribution in [-0.2, 0) is 6.42 Å². The second-order valence-corrected chi connectivity index (χ2v) is 8.76. The Morgan fingerprint density at radius 1 is 0.788 bits per heavy atom. The third kappa shape index (κ3) is 5.04. The second kappa shape index (κ2) is 10.1. The monoisotopic (exact) mass is 437 g/mol. The smallest absolute Gasteiger partial charge is 0.119 e. The molecule has 5 rings (SSSR count). The number of benzene rings is 4. The molecule has 0 radical (unpaired) electrons. The van der Waals surface area contributed by atoms with Crippen molar-refractivity contribution >= 4 is 10.8 Å². The van der Waals surface area contributed by atoms with E-state index in [4.69, 9.17) is 9.47 Å². The number of hydrogen-bond acceptors (Lipinski definition) is 3. The lowest BCUT2D eigenvalue weighted by atomic mass is 9.90. The van der Waals surface area contributed by atoms with E-state index in [1.165, 1.54) is 59.0 Å². The van der Waals surface area contributed by atoms with Crippen LogP contribution in [-0.4, -0.2) is 38.3 Å². The highest BCUT2D eigenvalue weighted by atomic mass is 16.5. The van der Waals surface area contributed by atoms with E-state index in [9.17, 15) is 0 Å². The first kappa shape index (κ1) is 21.5. The molecule has 0 saturated carbocycles. The normalized spacial score (nSPS) is 14.0. The van der Waals surface area contributed by atoms with Gasteiger partial charge >= 0.3 is 0 Å². The van der Waals surface area contributed by atoms with Gasteiger partial charge in [-0.05, 0) is 89.6 Å². The molecular formula is C30H31NO2. The molecule has 1 aliphatic rings. The number of rotatable bonds is 8. The van der Waals surface area contributed by atoms with Crippen LogP contribution in [0.4, 0.5) is 0 Å². The lowest BCUT2D eigenvalue weighted by Crippen LogP contribution is -2.25. The molecule has 1 heterocycles. The largest absolute Gasteiger partial charge is 0.497 e. The molecule has 0 N–H and O–H groups in total. The highest BCUT2D eigenvalue weighted by Gasteiger charge is 2.13. The summed E-state index contributed by atoms with van der Waals surface area (Å²) in [7, 11) is 1.72. The third-order valence-corrected chi connectivity index (χ3v) is 6.60. The highest BCUT2D eigenvalue weighted by molar-refractivity contribution is 5.93. The van der Waals surface area contributed by atoms with Gasteiger partial charge in [-0.25, -0.2) is 0 Å². The summed E-state index contributed by atoms with van der Waals surface area (Å²) in [5.41, 5.74) is 5.14. The van der Waals surface area contributed by atoms with Crippen LogP contribution in [0.1, 0.15) is 24.0 Å².